The molecule has 1 amide bonds. The molecule has 2 aromatic carbocycles. The van der Waals surface area contributed by atoms with Gasteiger partial charge in [0.15, 0.2) is 0 Å². The summed E-state index contributed by atoms with van der Waals surface area (Å²) in [5.41, 5.74) is 3.94. The zero-order valence-electron chi connectivity index (χ0n) is 14.4. The van der Waals surface area contributed by atoms with Gasteiger partial charge in [0.2, 0.25) is 0 Å². The highest BCUT2D eigenvalue weighted by Crippen LogP contribution is 2.23. The second-order valence-corrected chi connectivity index (χ2v) is 7.44. The van der Waals surface area contributed by atoms with Gasteiger partial charge in [-0.05, 0) is 37.3 Å². The van der Waals surface area contributed by atoms with Gasteiger partial charge in [-0.2, -0.15) is 5.10 Å². The molecule has 4 aromatic rings. The normalized spacial score (nSPS) is 10.7. The summed E-state index contributed by atoms with van der Waals surface area (Å²) in [6.07, 6.45) is 3.20. The first-order chi connectivity index (χ1) is 13.1. The van der Waals surface area contributed by atoms with E-state index in [0.717, 1.165) is 22.0 Å². The number of carbonyl (C=O) groups excluding carboxylic acids is 1. The molecule has 0 bridgehead atoms. The molecule has 27 heavy (non-hydrogen) atoms. The van der Waals surface area contributed by atoms with Crippen molar-refractivity contribution in [2.75, 3.05) is 5.32 Å². The van der Waals surface area contributed by atoms with Gasteiger partial charge in [0.25, 0.3) is 5.91 Å². The molecular formula is C20H15ClN4OS. The van der Waals surface area contributed by atoms with Gasteiger partial charge in [0.05, 0.1) is 28.1 Å². The average Bonchev–Trinajstić information content (AvgIpc) is 3.32. The van der Waals surface area contributed by atoms with E-state index in [2.05, 4.69) is 15.4 Å². The van der Waals surface area contributed by atoms with E-state index in [4.69, 9.17) is 11.6 Å². The van der Waals surface area contributed by atoms with E-state index in [9.17, 15) is 4.79 Å². The summed E-state index contributed by atoms with van der Waals surface area (Å²) in [7, 11) is 0. The van der Waals surface area contributed by atoms with Crippen LogP contribution in [-0.4, -0.2) is 20.7 Å². The van der Waals surface area contributed by atoms with E-state index in [0.29, 0.717) is 16.3 Å². The number of nitrogens with zero attached hydrogens (tertiary/aromatic N) is 3. The number of nitrogens with one attached hydrogen (secondary N) is 1. The van der Waals surface area contributed by atoms with Crippen molar-refractivity contribution < 1.29 is 4.79 Å². The molecule has 1 N–H and O–H groups in total. The molecule has 0 saturated heterocycles. The van der Waals surface area contributed by atoms with E-state index >= 15 is 0 Å². The predicted molar refractivity (Wildman–Crippen MR) is 109 cm³/mol. The first-order valence-electron chi connectivity index (χ1n) is 8.23. The number of benzene rings is 2. The number of thiazole rings is 1. The van der Waals surface area contributed by atoms with Gasteiger partial charge < -0.3 is 5.32 Å². The van der Waals surface area contributed by atoms with Gasteiger partial charge in [-0.25, -0.2) is 9.67 Å². The lowest BCUT2D eigenvalue weighted by Gasteiger charge is -2.05. The summed E-state index contributed by atoms with van der Waals surface area (Å²) in [4.78, 5) is 17.0. The van der Waals surface area contributed by atoms with Crippen molar-refractivity contribution in [3.63, 3.8) is 0 Å². The molecule has 0 fully saturated rings. The highest BCUT2D eigenvalue weighted by atomic mass is 35.5. The summed E-state index contributed by atoms with van der Waals surface area (Å²) in [5, 5.41) is 10.8. The summed E-state index contributed by atoms with van der Waals surface area (Å²) in [6, 6.07) is 14.9. The molecule has 5 nitrogen and oxygen atoms in total. The predicted octanol–water partition coefficient (Wildman–Crippen LogP) is 5.21. The van der Waals surface area contributed by atoms with Crippen LogP contribution in [0.15, 0.2) is 66.3 Å². The third-order valence-corrected chi connectivity index (χ3v) is 4.98. The lowest BCUT2D eigenvalue weighted by atomic mass is 10.1. The fourth-order valence-electron chi connectivity index (χ4n) is 2.62. The maximum Gasteiger partial charge on any atom is 0.258 e. The van der Waals surface area contributed by atoms with E-state index in [1.54, 1.807) is 34.3 Å². The van der Waals surface area contributed by atoms with Crippen LogP contribution in [0.4, 0.5) is 5.69 Å². The van der Waals surface area contributed by atoms with Gasteiger partial charge >= 0.3 is 0 Å². The molecule has 2 heterocycles. The topological polar surface area (TPSA) is 59.8 Å². The van der Waals surface area contributed by atoms with Crippen molar-refractivity contribution in [3.05, 3.63) is 81.9 Å². The van der Waals surface area contributed by atoms with Gasteiger partial charge in [-0.1, -0.05) is 29.8 Å². The quantitative estimate of drug-likeness (QED) is 0.516. The number of anilines is 1. The second kappa shape index (κ2) is 7.34. The molecule has 0 aliphatic rings. The van der Waals surface area contributed by atoms with Crippen molar-refractivity contribution >= 4 is 34.5 Å². The molecule has 7 heteroatoms. The van der Waals surface area contributed by atoms with Crippen LogP contribution in [-0.2, 0) is 0 Å². The number of halogens is 1. The number of hydrogen-bond acceptors (Lipinski definition) is 4. The van der Waals surface area contributed by atoms with Gasteiger partial charge in [0.1, 0.15) is 0 Å². The molecule has 0 atom stereocenters. The summed E-state index contributed by atoms with van der Waals surface area (Å²) >= 11 is 7.62. The molecular weight excluding hydrogens is 380 g/mol. The zero-order valence-corrected chi connectivity index (χ0v) is 16.0. The fourth-order valence-corrected chi connectivity index (χ4v) is 3.43. The SMILES string of the molecule is Cc1nc(-c2ccc(NC(=O)c3cnn(-c4cccc(Cl)c4)c3)cc2)cs1. The summed E-state index contributed by atoms with van der Waals surface area (Å²) < 4.78 is 1.62. The van der Waals surface area contributed by atoms with Gasteiger partial charge in [-0.15, -0.1) is 11.3 Å². The third kappa shape index (κ3) is 3.92. The summed E-state index contributed by atoms with van der Waals surface area (Å²) in [5.74, 6) is -0.222. The Bertz CT molecular complexity index is 1100. The molecule has 0 radical (unpaired) electrons. The number of carbonyl (C=O) groups is 1. The monoisotopic (exact) mass is 394 g/mol. The Morgan fingerprint density at radius 1 is 1.19 bits per heavy atom. The Hall–Kier alpha value is -2.96. The first kappa shape index (κ1) is 17.5. The van der Waals surface area contributed by atoms with E-state index in [1.165, 1.54) is 6.20 Å². The fraction of sp³-hybridized carbons (Fsp3) is 0.0500. The van der Waals surface area contributed by atoms with Crippen LogP contribution in [0.3, 0.4) is 0 Å². The maximum atomic E-state index is 12.5. The molecule has 2 aromatic heterocycles. The highest BCUT2D eigenvalue weighted by molar-refractivity contribution is 7.09. The van der Waals surface area contributed by atoms with Crippen LogP contribution in [0, 0.1) is 6.92 Å². The van der Waals surface area contributed by atoms with Gasteiger partial charge in [0, 0.05) is 27.9 Å². The molecule has 134 valence electrons. The van der Waals surface area contributed by atoms with Crippen LogP contribution >= 0.6 is 22.9 Å². The van der Waals surface area contributed by atoms with Crippen LogP contribution in [0.1, 0.15) is 15.4 Å². The van der Waals surface area contributed by atoms with Crippen molar-refractivity contribution in [3.8, 4) is 16.9 Å². The summed E-state index contributed by atoms with van der Waals surface area (Å²) in [6.45, 7) is 1.98. The molecule has 0 aliphatic heterocycles. The van der Waals surface area contributed by atoms with Crippen molar-refractivity contribution in [1.29, 1.82) is 0 Å². The largest absolute Gasteiger partial charge is 0.322 e. The average molecular weight is 395 g/mol. The molecule has 0 spiro atoms. The van der Waals surface area contributed by atoms with E-state index in [1.807, 2.05) is 48.7 Å². The number of amides is 1. The molecule has 0 unspecified atom stereocenters. The zero-order chi connectivity index (χ0) is 18.8. The minimum Gasteiger partial charge on any atom is -0.322 e. The highest BCUT2D eigenvalue weighted by Gasteiger charge is 2.10. The first-order valence-corrected chi connectivity index (χ1v) is 9.49. The minimum atomic E-state index is -0.222. The molecule has 0 saturated carbocycles. The Labute approximate surface area is 165 Å². The lowest BCUT2D eigenvalue weighted by Crippen LogP contribution is -2.11. The van der Waals surface area contributed by atoms with E-state index < -0.39 is 0 Å². The van der Waals surface area contributed by atoms with Crippen LogP contribution < -0.4 is 5.32 Å². The maximum absolute atomic E-state index is 12.5. The minimum absolute atomic E-state index is 0.222. The second-order valence-electron chi connectivity index (χ2n) is 5.94. The number of aryl methyl sites for hydroxylation is 1. The Kier molecular flexibility index (Phi) is 4.75. The Balaban J connectivity index is 1.48. The van der Waals surface area contributed by atoms with Crippen molar-refractivity contribution in [2.45, 2.75) is 6.92 Å². The van der Waals surface area contributed by atoms with Crippen LogP contribution in [0.2, 0.25) is 5.02 Å². The van der Waals surface area contributed by atoms with Crippen molar-refractivity contribution in [2.24, 2.45) is 0 Å². The smallest absolute Gasteiger partial charge is 0.258 e. The Morgan fingerprint density at radius 3 is 2.70 bits per heavy atom. The Morgan fingerprint density at radius 2 is 2.00 bits per heavy atom. The van der Waals surface area contributed by atoms with E-state index in [-0.39, 0.29) is 5.91 Å². The lowest BCUT2D eigenvalue weighted by molar-refractivity contribution is 0.102. The van der Waals surface area contributed by atoms with Crippen LogP contribution in [0.5, 0.6) is 0 Å². The molecule has 0 aliphatic carbocycles. The molecule has 4 rings (SSSR count). The third-order valence-electron chi connectivity index (χ3n) is 3.98. The number of aromatic nitrogens is 3. The van der Waals surface area contributed by atoms with Gasteiger partial charge in [-0.3, -0.25) is 4.79 Å². The van der Waals surface area contributed by atoms with Crippen molar-refractivity contribution in [1.82, 2.24) is 14.8 Å². The number of rotatable bonds is 4. The van der Waals surface area contributed by atoms with Crippen LogP contribution in [0.25, 0.3) is 16.9 Å². The number of hydrogen-bond donors (Lipinski definition) is 1. The standard InChI is InChI=1S/C20H15ClN4OS/c1-13-23-19(12-27-13)14-5-7-17(8-6-14)24-20(26)15-10-22-25(11-15)18-4-2-3-16(21)9-18/h2-12H,1H3,(H,24,26).